The molecule has 4 nitrogen and oxygen atoms in total. The molecular formula is C13H24N2O2. The van der Waals surface area contributed by atoms with Gasteiger partial charge >= 0.3 is 0 Å². The summed E-state index contributed by atoms with van der Waals surface area (Å²) in [6.07, 6.45) is 3.78. The minimum Gasteiger partial charge on any atom is -0.379 e. The first-order valence-electron chi connectivity index (χ1n) is 6.87. The maximum Gasteiger partial charge on any atom is 0.132 e. The number of rotatable bonds is 5. The average molecular weight is 240 g/mol. The number of nitrogens with zero attached hydrogens (tertiary/aromatic N) is 1. The summed E-state index contributed by atoms with van der Waals surface area (Å²) in [4.78, 5) is 13.6. The van der Waals surface area contributed by atoms with Gasteiger partial charge in [-0.25, -0.2) is 0 Å². The average Bonchev–Trinajstić information content (AvgIpc) is 2.38. The topological polar surface area (TPSA) is 41.6 Å². The van der Waals surface area contributed by atoms with Gasteiger partial charge in [0, 0.05) is 39.0 Å². The summed E-state index contributed by atoms with van der Waals surface area (Å²) >= 11 is 0. The van der Waals surface area contributed by atoms with Gasteiger partial charge in [0.15, 0.2) is 0 Å². The van der Waals surface area contributed by atoms with E-state index in [0.717, 1.165) is 77.5 Å². The molecule has 0 aromatic heterocycles. The minimum atomic E-state index is 0.453. The number of nitrogens with one attached hydrogen (secondary N) is 1. The van der Waals surface area contributed by atoms with Gasteiger partial charge in [-0.15, -0.1) is 0 Å². The van der Waals surface area contributed by atoms with Crippen LogP contribution in [0.3, 0.4) is 0 Å². The van der Waals surface area contributed by atoms with E-state index in [0.29, 0.717) is 5.78 Å². The molecule has 0 amide bonds. The largest absolute Gasteiger partial charge is 0.379 e. The van der Waals surface area contributed by atoms with Crippen molar-refractivity contribution in [3.05, 3.63) is 0 Å². The van der Waals surface area contributed by atoms with E-state index in [-0.39, 0.29) is 0 Å². The van der Waals surface area contributed by atoms with Gasteiger partial charge < -0.3 is 10.1 Å². The van der Waals surface area contributed by atoms with Crippen molar-refractivity contribution in [2.75, 3.05) is 45.9 Å². The Kier molecular flexibility index (Phi) is 5.42. The van der Waals surface area contributed by atoms with Crippen LogP contribution < -0.4 is 5.32 Å². The molecule has 2 aliphatic rings. The number of hydrogen-bond donors (Lipinski definition) is 1. The molecule has 0 spiro atoms. The fourth-order valence-electron chi connectivity index (χ4n) is 2.57. The summed E-state index contributed by atoms with van der Waals surface area (Å²) in [6.45, 7) is 7.16. The van der Waals surface area contributed by atoms with Crippen molar-refractivity contribution in [1.82, 2.24) is 10.2 Å². The van der Waals surface area contributed by atoms with E-state index < -0.39 is 0 Å². The van der Waals surface area contributed by atoms with E-state index in [1.54, 1.807) is 0 Å². The van der Waals surface area contributed by atoms with Gasteiger partial charge in [-0.3, -0.25) is 9.69 Å². The second-order valence-electron chi connectivity index (χ2n) is 5.14. The van der Waals surface area contributed by atoms with E-state index >= 15 is 0 Å². The fourth-order valence-corrected chi connectivity index (χ4v) is 2.57. The molecule has 1 heterocycles. The van der Waals surface area contributed by atoms with Crippen LogP contribution in [0.25, 0.3) is 0 Å². The van der Waals surface area contributed by atoms with Gasteiger partial charge in [-0.05, 0) is 25.3 Å². The molecule has 98 valence electrons. The molecule has 0 atom stereocenters. The Morgan fingerprint density at radius 3 is 2.65 bits per heavy atom. The van der Waals surface area contributed by atoms with Crippen LogP contribution in [0.4, 0.5) is 0 Å². The molecule has 2 fully saturated rings. The summed E-state index contributed by atoms with van der Waals surface area (Å²) in [5.74, 6) is 1.17. The van der Waals surface area contributed by atoms with Gasteiger partial charge in [0.25, 0.3) is 0 Å². The lowest BCUT2D eigenvalue weighted by molar-refractivity contribution is -0.120. The van der Waals surface area contributed by atoms with Crippen LogP contribution >= 0.6 is 0 Å². The monoisotopic (exact) mass is 240 g/mol. The third kappa shape index (κ3) is 4.74. The van der Waals surface area contributed by atoms with Crippen molar-refractivity contribution in [3.8, 4) is 0 Å². The lowest BCUT2D eigenvalue weighted by Gasteiger charge is -2.27. The third-order valence-corrected chi connectivity index (χ3v) is 3.80. The summed E-state index contributed by atoms with van der Waals surface area (Å²) in [5, 5.41) is 3.52. The molecular weight excluding hydrogens is 216 g/mol. The van der Waals surface area contributed by atoms with Crippen LogP contribution in [-0.2, 0) is 9.53 Å². The van der Waals surface area contributed by atoms with Crippen LogP contribution in [0.1, 0.15) is 25.7 Å². The molecule has 0 unspecified atom stereocenters. The molecule has 2 rings (SSSR count). The van der Waals surface area contributed by atoms with Gasteiger partial charge in [0.1, 0.15) is 5.78 Å². The molecule has 1 N–H and O–H groups in total. The first-order chi connectivity index (χ1) is 8.34. The molecule has 0 aromatic carbocycles. The summed E-state index contributed by atoms with van der Waals surface area (Å²) < 4.78 is 5.32. The normalized spacial score (nSPS) is 24.1. The van der Waals surface area contributed by atoms with Crippen molar-refractivity contribution in [3.63, 3.8) is 0 Å². The fraction of sp³-hybridized carbons (Fsp3) is 0.923. The zero-order chi connectivity index (χ0) is 11.9. The predicted octanol–water partition coefficient (Wildman–Crippen LogP) is 0.668. The van der Waals surface area contributed by atoms with E-state index in [9.17, 15) is 4.79 Å². The standard InChI is InChI=1S/C13H24N2O2/c16-13-3-1-12(2-4-13)11-14-5-6-15-7-9-17-10-8-15/h12,14H,1-11H2. The van der Waals surface area contributed by atoms with Crippen LogP contribution in [0.15, 0.2) is 0 Å². The summed E-state index contributed by atoms with van der Waals surface area (Å²) in [6, 6.07) is 0. The summed E-state index contributed by atoms with van der Waals surface area (Å²) in [5.41, 5.74) is 0. The van der Waals surface area contributed by atoms with Crippen molar-refractivity contribution < 1.29 is 9.53 Å². The second-order valence-corrected chi connectivity index (χ2v) is 5.14. The number of ether oxygens (including phenoxy) is 1. The smallest absolute Gasteiger partial charge is 0.132 e. The number of carbonyl (C=O) groups is 1. The zero-order valence-corrected chi connectivity index (χ0v) is 10.6. The maximum atomic E-state index is 11.1. The van der Waals surface area contributed by atoms with Gasteiger partial charge in [0.05, 0.1) is 13.2 Å². The van der Waals surface area contributed by atoms with Gasteiger partial charge in [0.2, 0.25) is 0 Å². The molecule has 1 aliphatic heterocycles. The third-order valence-electron chi connectivity index (χ3n) is 3.80. The van der Waals surface area contributed by atoms with Crippen LogP contribution in [0.5, 0.6) is 0 Å². The van der Waals surface area contributed by atoms with E-state index in [1.807, 2.05) is 0 Å². The Morgan fingerprint density at radius 2 is 1.94 bits per heavy atom. The number of Topliss-reactive ketones (excluding diaryl/α,β-unsaturated/α-hetero) is 1. The van der Waals surface area contributed by atoms with E-state index in [1.165, 1.54) is 0 Å². The summed E-state index contributed by atoms with van der Waals surface area (Å²) in [7, 11) is 0. The number of morpholine rings is 1. The lowest BCUT2D eigenvalue weighted by Crippen LogP contribution is -2.41. The molecule has 0 bridgehead atoms. The molecule has 0 radical (unpaired) electrons. The highest BCUT2D eigenvalue weighted by Crippen LogP contribution is 2.20. The van der Waals surface area contributed by atoms with Gasteiger partial charge in [-0.2, -0.15) is 0 Å². The quantitative estimate of drug-likeness (QED) is 0.717. The van der Waals surface area contributed by atoms with Crippen LogP contribution in [-0.4, -0.2) is 56.6 Å². The predicted molar refractivity (Wildman–Crippen MR) is 67.1 cm³/mol. The molecule has 0 aromatic rings. The molecule has 1 saturated carbocycles. The molecule has 17 heavy (non-hydrogen) atoms. The SMILES string of the molecule is O=C1CCC(CNCCN2CCOCC2)CC1. The Morgan fingerprint density at radius 1 is 1.24 bits per heavy atom. The van der Waals surface area contributed by atoms with Gasteiger partial charge in [-0.1, -0.05) is 0 Å². The molecule has 4 heteroatoms. The maximum absolute atomic E-state index is 11.1. The van der Waals surface area contributed by atoms with Crippen molar-refractivity contribution in [2.45, 2.75) is 25.7 Å². The lowest BCUT2D eigenvalue weighted by atomic mass is 9.88. The highest BCUT2D eigenvalue weighted by molar-refractivity contribution is 5.79. The van der Waals surface area contributed by atoms with Crippen molar-refractivity contribution >= 4 is 5.78 Å². The van der Waals surface area contributed by atoms with Crippen LogP contribution in [0.2, 0.25) is 0 Å². The Balaban J connectivity index is 1.49. The highest BCUT2D eigenvalue weighted by atomic mass is 16.5. The minimum absolute atomic E-state index is 0.453. The van der Waals surface area contributed by atoms with Crippen molar-refractivity contribution in [1.29, 1.82) is 0 Å². The van der Waals surface area contributed by atoms with Crippen LogP contribution in [0, 0.1) is 5.92 Å². The van der Waals surface area contributed by atoms with E-state index in [2.05, 4.69) is 10.2 Å². The Bertz CT molecular complexity index is 230. The first-order valence-corrected chi connectivity index (χ1v) is 6.87. The zero-order valence-electron chi connectivity index (χ0n) is 10.6. The van der Waals surface area contributed by atoms with E-state index in [4.69, 9.17) is 4.74 Å². The first kappa shape index (κ1) is 13.0. The Labute approximate surface area is 104 Å². The molecule has 1 aliphatic carbocycles. The number of hydrogen-bond acceptors (Lipinski definition) is 4. The number of carbonyl (C=O) groups excluding carboxylic acids is 1. The highest BCUT2D eigenvalue weighted by Gasteiger charge is 2.18. The number of ketones is 1. The second kappa shape index (κ2) is 7.09. The van der Waals surface area contributed by atoms with Crippen molar-refractivity contribution in [2.24, 2.45) is 5.92 Å². The Hall–Kier alpha value is -0.450. The molecule has 1 saturated heterocycles.